The number of rotatable bonds is 6. The fourth-order valence-electron chi connectivity index (χ4n) is 11.6. The largest absolute Gasteiger partial charge is 0.310 e. The van der Waals surface area contributed by atoms with E-state index in [-0.39, 0.29) is 5.41 Å². The minimum absolute atomic E-state index is 0.211. The van der Waals surface area contributed by atoms with Gasteiger partial charge in [-0.3, -0.25) is 0 Å². The van der Waals surface area contributed by atoms with Crippen LogP contribution in [0, 0.1) is 23.7 Å². The lowest BCUT2D eigenvalue weighted by molar-refractivity contribution is -0.0399. The number of anilines is 3. The molecule has 5 aliphatic carbocycles. The first-order valence-electron chi connectivity index (χ1n) is 19.7. The van der Waals surface area contributed by atoms with Gasteiger partial charge in [-0.2, -0.15) is 0 Å². The molecule has 4 saturated carbocycles. The summed E-state index contributed by atoms with van der Waals surface area (Å²) < 4.78 is 0. The van der Waals surface area contributed by atoms with Crippen molar-refractivity contribution in [2.45, 2.75) is 37.5 Å². The molecule has 0 N–H and O–H groups in total. The molecule has 0 saturated heterocycles. The minimum atomic E-state index is 0.211. The van der Waals surface area contributed by atoms with Crippen molar-refractivity contribution in [1.82, 2.24) is 0 Å². The molecule has 1 nitrogen and oxygen atoms in total. The Morgan fingerprint density at radius 1 is 0.358 bits per heavy atom. The zero-order valence-electron chi connectivity index (χ0n) is 30.0. The summed E-state index contributed by atoms with van der Waals surface area (Å²) in [7, 11) is 0. The van der Waals surface area contributed by atoms with Crippen molar-refractivity contribution in [3.63, 3.8) is 0 Å². The highest BCUT2D eigenvalue weighted by Gasteiger charge is 2.61. The van der Waals surface area contributed by atoms with Gasteiger partial charge in [-0.05, 0) is 142 Å². The summed E-state index contributed by atoms with van der Waals surface area (Å²) in [5.41, 5.74) is 17.2. The molecule has 0 aromatic heterocycles. The Hall–Kier alpha value is -5.66. The van der Waals surface area contributed by atoms with Crippen LogP contribution in [0.25, 0.3) is 44.5 Å². The van der Waals surface area contributed by atoms with E-state index in [4.69, 9.17) is 0 Å². The molecule has 0 unspecified atom stereocenters. The van der Waals surface area contributed by atoms with Crippen LogP contribution in [0.4, 0.5) is 17.1 Å². The average molecular weight is 682 g/mol. The van der Waals surface area contributed by atoms with Gasteiger partial charge in [-0.15, -0.1) is 0 Å². The van der Waals surface area contributed by atoms with Crippen LogP contribution >= 0.6 is 0 Å². The smallest absolute Gasteiger partial charge is 0.0540 e. The van der Waals surface area contributed by atoms with Gasteiger partial charge in [-0.25, -0.2) is 0 Å². The lowest BCUT2D eigenvalue weighted by Crippen LogP contribution is -2.55. The molecule has 256 valence electrons. The van der Waals surface area contributed by atoms with E-state index in [1.807, 2.05) is 0 Å². The van der Waals surface area contributed by atoms with Crippen molar-refractivity contribution in [3.05, 3.63) is 187 Å². The second kappa shape index (κ2) is 12.2. The third-order valence-electron chi connectivity index (χ3n) is 13.5. The summed E-state index contributed by atoms with van der Waals surface area (Å²) in [6, 6.07) is 65.4. The summed E-state index contributed by atoms with van der Waals surface area (Å²) in [5, 5.41) is 0. The fourth-order valence-corrected chi connectivity index (χ4v) is 11.6. The molecule has 7 aromatic rings. The molecule has 0 heterocycles. The first-order valence-corrected chi connectivity index (χ1v) is 19.7. The van der Waals surface area contributed by atoms with E-state index in [2.05, 4.69) is 181 Å². The van der Waals surface area contributed by atoms with Crippen LogP contribution in [0.2, 0.25) is 0 Å². The third-order valence-corrected chi connectivity index (χ3v) is 13.5. The molecule has 0 radical (unpaired) electrons. The molecule has 4 fully saturated rings. The number of hydrogen-bond donors (Lipinski definition) is 0. The van der Waals surface area contributed by atoms with E-state index < -0.39 is 0 Å². The van der Waals surface area contributed by atoms with E-state index >= 15 is 0 Å². The molecule has 7 aromatic carbocycles. The summed E-state index contributed by atoms with van der Waals surface area (Å²) in [6.45, 7) is 0. The van der Waals surface area contributed by atoms with E-state index in [0.717, 1.165) is 40.7 Å². The van der Waals surface area contributed by atoms with Gasteiger partial charge in [0.05, 0.1) is 5.69 Å². The van der Waals surface area contributed by atoms with Gasteiger partial charge in [0.1, 0.15) is 0 Å². The molecule has 0 aliphatic heterocycles. The van der Waals surface area contributed by atoms with E-state index in [9.17, 15) is 0 Å². The summed E-state index contributed by atoms with van der Waals surface area (Å²) in [5.74, 6) is 3.49. The minimum Gasteiger partial charge on any atom is -0.310 e. The molecule has 5 aliphatic rings. The number of fused-ring (bicyclic) bond motifs is 3. The molecule has 0 amide bonds. The van der Waals surface area contributed by atoms with Gasteiger partial charge in [0.25, 0.3) is 0 Å². The van der Waals surface area contributed by atoms with Crippen molar-refractivity contribution >= 4 is 17.1 Å². The van der Waals surface area contributed by atoms with Gasteiger partial charge < -0.3 is 4.90 Å². The normalized spacial score (nSPS) is 23.2. The van der Waals surface area contributed by atoms with E-state index in [0.29, 0.717) is 0 Å². The van der Waals surface area contributed by atoms with Crippen LogP contribution < -0.4 is 4.90 Å². The number of benzene rings is 7. The topological polar surface area (TPSA) is 3.24 Å². The first kappa shape index (κ1) is 30.9. The van der Waals surface area contributed by atoms with Gasteiger partial charge in [0, 0.05) is 22.4 Å². The highest BCUT2D eigenvalue weighted by atomic mass is 15.1. The van der Waals surface area contributed by atoms with Crippen LogP contribution in [0.1, 0.15) is 43.2 Å². The maximum absolute atomic E-state index is 2.54. The quantitative estimate of drug-likeness (QED) is 0.169. The molecule has 1 spiro atoms. The maximum Gasteiger partial charge on any atom is 0.0540 e. The van der Waals surface area contributed by atoms with Gasteiger partial charge in [0.2, 0.25) is 0 Å². The number of nitrogens with zero attached hydrogens (tertiary/aromatic N) is 1. The van der Waals surface area contributed by atoms with Crippen molar-refractivity contribution in [2.24, 2.45) is 23.7 Å². The zero-order valence-corrected chi connectivity index (χ0v) is 30.0. The van der Waals surface area contributed by atoms with Crippen LogP contribution in [-0.4, -0.2) is 0 Å². The van der Waals surface area contributed by atoms with Crippen LogP contribution in [-0.2, 0) is 5.41 Å². The Labute approximate surface area is 313 Å². The van der Waals surface area contributed by atoms with Crippen molar-refractivity contribution < 1.29 is 0 Å². The Bertz CT molecular complexity index is 2430. The molecule has 12 rings (SSSR count). The van der Waals surface area contributed by atoms with Crippen LogP contribution in [0.15, 0.2) is 176 Å². The van der Waals surface area contributed by atoms with Crippen molar-refractivity contribution in [2.75, 3.05) is 4.90 Å². The Kier molecular flexibility index (Phi) is 7.12. The second-order valence-electron chi connectivity index (χ2n) is 16.2. The van der Waals surface area contributed by atoms with E-state index in [1.54, 1.807) is 11.1 Å². The molecule has 0 atom stereocenters. The number of hydrogen-bond acceptors (Lipinski definition) is 1. The standard InChI is InChI=1S/C52H43N/c1-3-12-37(13-4-1)40-16-11-17-45(33-40)53(51-21-10-8-18-46(51)39-14-5-2-6-15-39)44-25-22-38(23-26-44)41-24-27-50-48(34-41)47-19-7-9-20-49(47)52(50)42-29-35-28-36(31-42)32-43(52)30-35/h1-27,33-36,42-43H,28-32H2. The van der Waals surface area contributed by atoms with Crippen molar-refractivity contribution in [1.29, 1.82) is 0 Å². The van der Waals surface area contributed by atoms with Gasteiger partial charge in [0.15, 0.2) is 0 Å². The average Bonchev–Trinajstić information content (AvgIpc) is 3.51. The number of para-hydroxylation sites is 1. The summed E-state index contributed by atoms with van der Waals surface area (Å²) in [6.07, 6.45) is 7.16. The molecular weight excluding hydrogens is 639 g/mol. The van der Waals surface area contributed by atoms with E-state index in [1.165, 1.54) is 76.6 Å². The SMILES string of the molecule is c1ccc(-c2cccc(N(c3ccc(-c4ccc5c(c4)-c4ccccc4C54C5CC6CC(C5)CC4C6)cc3)c3ccccc3-c3ccccc3)c2)cc1. The first-order chi connectivity index (χ1) is 26.2. The van der Waals surface area contributed by atoms with Crippen LogP contribution in [0.3, 0.4) is 0 Å². The lowest BCUT2D eigenvalue weighted by Gasteiger charge is -2.61. The predicted molar refractivity (Wildman–Crippen MR) is 221 cm³/mol. The second-order valence-corrected chi connectivity index (χ2v) is 16.2. The third kappa shape index (κ3) is 4.83. The highest BCUT2D eigenvalue weighted by Crippen LogP contribution is 2.69. The molecule has 53 heavy (non-hydrogen) atoms. The zero-order chi connectivity index (χ0) is 34.9. The predicted octanol–water partition coefficient (Wildman–Crippen LogP) is 13.9. The molecule has 1 heteroatoms. The van der Waals surface area contributed by atoms with Gasteiger partial charge >= 0.3 is 0 Å². The Morgan fingerprint density at radius 2 is 0.906 bits per heavy atom. The maximum atomic E-state index is 2.54. The molecular formula is C52H43N. The Balaban J connectivity index is 1.01. The monoisotopic (exact) mass is 681 g/mol. The highest BCUT2D eigenvalue weighted by molar-refractivity contribution is 5.90. The lowest BCUT2D eigenvalue weighted by atomic mass is 9.43. The molecule has 4 bridgehead atoms. The summed E-state index contributed by atoms with van der Waals surface area (Å²) in [4.78, 5) is 2.42. The Morgan fingerprint density at radius 3 is 1.64 bits per heavy atom. The fraction of sp³-hybridized carbons (Fsp3) is 0.192. The summed E-state index contributed by atoms with van der Waals surface area (Å²) >= 11 is 0. The van der Waals surface area contributed by atoms with Crippen LogP contribution in [0.5, 0.6) is 0 Å². The van der Waals surface area contributed by atoms with Gasteiger partial charge in [-0.1, -0.05) is 140 Å². The van der Waals surface area contributed by atoms with Crippen molar-refractivity contribution in [3.8, 4) is 44.5 Å².